The maximum Gasteiger partial charge on any atom is 0.430 e. The zero-order valence-electron chi connectivity index (χ0n) is 16.6. The van der Waals surface area contributed by atoms with Gasteiger partial charge in [-0.15, -0.1) is 0 Å². The Kier molecular flexibility index (Phi) is 5.48. The van der Waals surface area contributed by atoms with Gasteiger partial charge in [0.2, 0.25) is 11.5 Å². The van der Waals surface area contributed by atoms with Gasteiger partial charge in [0.1, 0.15) is 22.8 Å². The standard InChI is InChI=1S/C22H17N3O6/c1-14-13-17-19(29-14)24-20(28-2)18(23-17)25(21(26)30-15-9-5-3-6-10-15)22(27)31-16-11-7-4-8-12-16/h3-13H,1-2H3. The number of furan rings is 1. The Morgan fingerprint density at radius 1 is 0.871 bits per heavy atom. The molecule has 31 heavy (non-hydrogen) atoms. The Labute approximate surface area is 176 Å². The van der Waals surface area contributed by atoms with Crippen LogP contribution in [0, 0.1) is 6.92 Å². The van der Waals surface area contributed by atoms with E-state index >= 15 is 0 Å². The number of anilines is 1. The number of amides is 2. The Bertz CT molecular complexity index is 1170. The van der Waals surface area contributed by atoms with E-state index in [0.29, 0.717) is 16.2 Å². The third kappa shape index (κ3) is 4.30. The Balaban J connectivity index is 1.76. The van der Waals surface area contributed by atoms with Crippen LogP contribution >= 0.6 is 0 Å². The summed E-state index contributed by atoms with van der Waals surface area (Å²) in [6, 6.07) is 18.2. The lowest BCUT2D eigenvalue weighted by Crippen LogP contribution is -2.41. The topological polar surface area (TPSA) is 104 Å². The first-order chi connectivity index (χ1) is 15.0. The van der Waals surface area contributed by atoms with Gasteiger partial charge in [-0.25, -0.2) is 14.6 Å². The summed E-state index contributed by atoms with van der Waals surface area (Å²) >= 11 is 0. The minimum atomic E-state index is -1.04. The average Bonchev–Trinajstić information content (AvgIpc) is 3.13. The Morgan fingerprint density at radius 2 is 1.42 bits per heavy atom. The second kappa shape index (κ2) is 8.54. The van der Waals surface area contributed by atoms with Crippen molar-refractivity contribution in [2.24, 2.45) is 0 Å². The number of aryl methyl sites for hydroxylation is 1. The van der Waals surface area contributed by atoms with Crippen LogP contribution in [0.2, 0.25) is 0 Å². The van der Waals surface area contributed by atoms with Gasteiger partial charge in [0.25, 0.3) is 5.88 Å². The van der Waals surface area contributed by atoms with Gasteiger partial charge in [0.15, 0.2) is 0 Å². The molecule has 0 saturated heterocycles. The van der Waals surface area contributed by atoms with E-state index in [1.807, 2.05) is 0 Å². The van der Waals surface area contributed by atoms with E-state index < -0.39 is 12.2 Å². The number of hydrogen-bond donors (Lipinski definition) is 0. The fraction of sp³-hybridized carbons (Fsp3) is 0.0909. The number of carbonyl (C=O) groups excluding carboxylic acids is 2. The summed E-state index contributed by atoms with van der Waals surface area (Å²) in [6.07, 6.45) is -2.08. The van der Waals surface area contributed by atoms with Crippen LogP contribution in [0.5, 0.6) is 17.4 Å². The van der Waals surface area contributed by atoms with Gasteiger partial charge >= 0.3 is 12.2 Å². The second-order valence-corrected chi connectivity index (χ2v) is 6.30. The van der Waals surface area contributed by atoms with Crippen molar-refractivity contribution < 1.29 is 28.2 Å². The molecule has 0 aliphatic rings. The van der Waals surface area contributed by atoms with Crippen molar-refractivity contribution in [2.75, 3.05) is 12.0 Å². The zero-order valence-corrected chi connectivity index (χ0v) is 16.6. The summed E-state index contributed by atoms with van der Waals surface area (Å²) in [6.45, 7) is 1.72. The number of para-hydroxylation sites is 2. The Morgan fingerprint density at radius 3 is 1.94 bits per heavy atom. The van der Waals surface area contributed by atoms with E-state index in [9.17, 15) is 9.59 Å². The number of rotatable bonds is 4. The third-order valence-corrected chi connectivity index (χ3v) is 4.10. The quantitative estimate of drug-likeness (QED) is 0.467. The number of nitrogens with zero attached hydrogens (tertiary/aromatic N) is 3. The SMILES string of the molecule is COc1nc2oc(C)cc2nc1N(C(=O)Oc1ccccc1)C(=O)Oc1ccccc1. The molecule has 9 heteroatoms. The summed E-state index contributed by atoms with van der Waals surface area (Å²) in [7, 11) is 1.33. The first-order valence-corrected chi connectivity index (χ1v) is 9.21. The maximum atomic E-state index is 13.0. The molecule has 0 fully saturated rings. The predicted molar refractivity (Wildman–Crippen MR) is 111 cm³/mol. The molecule has 4 rings (SSSR count). The van der Waals surface area contributed by atoms with E-state index in [1.54, 1.807) is 73.7 Å². The predicted octanol–water partition coefficient (Wildman–Crippen LogP) is 4.74. The minimum Gasteiger partial charge on any atom is -0.478 e. The first-order valence-electron chi connectivity index (χ1n) is 9.21. The molecule has 0 unspecified atom stereocenters. The van der Waals surface area contributed by atoms with Gasteiger partial charge in [0.05, 0.1) is 7.11 Å². The summed E-state index contributed by atoms with van der Waals surface area (Å²) in [5.41, 5.74) is 0.532. The molecule has 9 nitrogen and oxygen atoms in total. The molecule has 2 amide bonds. The van der Waals surface area contributed by atoms with Gasteiger partial charge in [-0.3, -0.25) is 0 Å². The number of carbonyl (C=O) groups is 2. The van der Waals surface area contributed by atoms with Crippen LogP contribution in [-0.4, -0.2) is 29.3 Å². The number of benzene rings is 2. The van der Waals surface area contributed by atoms with Crippen molar-refractivity contribution in [1.82, 2.24) is 9.97 Å². The maximum absolute atomic E-state index is 13.0. The van der Waals surface area contributed by atoms with Crippen molar-refractivity contribution in [3.8, 4) is 17.4 Å². The molecule has 0 atom stereocenters. The van der Waals surface area contributed by atoms with Gasteiger partial charge in [-0.05, 0) is 31.2 Å². The van der Waals surface area contributed by atoms with Crippen LogP contribution in [0.15, 0.2) is 71.1 Å². The smallest absolute Gasteiger partial charge is 0.430 e. The zero-order chi connectivity index (χ0) is 21.8. The van der Waals surface area contributed by atoms with Crippen molar-refractivity contribution in [2.45, 2.75) is 6.92 Å². The first kappa shape index (κ1) is 19.9. The van der Waals surface area contributed by atoms with E-state index in [1.165, 1.54) is 7.11 Å². The van der Waals surface area contributed by atoms with Crippen LogP contribution in [0.1, 0.15) is 5.76 Å². The van der Waals surface area contributed by atoms with Crippen molar-refractivity contribution in [3.05, 3.63) is 72.5 Å². The molecule has 0 aliphatic heterocycles. The second-order valence-electron chi connectivity index (χ2n) is 6.30. The molecular formula is C22H17N3O6. The van der Waals surface area contributed by atoms with Crippen molar-refractivity contribution in [3.63, 3.8) is 0 Å². The number of aromatic nitrogens is 2. The molecule has 0 spiro atoms. The molecule has 0 N–H and O–H groups in total. The largest absolute Gasteiger partial charge is 0.478 e. The average molecular weight is 419 g/mol. The number of imide groups is 1. The molecule has 0 aliphatic carbocycles. The summed E-state index contributed by atoms with van der Waals surface area (Å²) < 4.78 is 21.4. The van der Waals surface area contributed by atoms with Gasteiger partial charge < -0.3 is 18.6 Å². The molecule has 2 aromatic heterocycles. The van der Waals surface area contributed by atoms with E-state index in [4.69, 9.17) is 18.6 Å². The normalized spacial score (nSPS) is 10.5. The Hall–Kier alpha value is -4.40. The van der Waals surface area contributed by atoms with E-state index in [0.717, 1.165) is 0 Å². The molecule has 0 bridgehead atoms. The fourth-order valence-corrected chi connectivity index (χ4v) is 2.75. The molecule has 2 heterocycles. The number of hydrogen-bond acceptors (Lipinski definition) is 8. The van der Waals surface area contributed by atoms with Crippen LogP contribution in [0.25, 0.3) is 11.2 Å². The van der Waals surface area contributed by atoms with Crippen LogP contribution in [0.4, 0.5) is 15.4 Å². The number of ether oxygens (including phenoxy) is 3. The van der Waals surface area contributed by atoms with Crippen LogP contribution < -0.4 is 19.1 Å². The number of fused-ring (bicyclic) bond motifs is 1. The molecule has 2 aromatic carbocycles. The highest BCUT2D eigenvalue weighted by molar-refractivity contribution is 6.11. The summed E-state index contributed by atoms with van der Waals surface area (Å²) in [5, 5.41) is 0. The lowest BCUT2D eigenvalue weighted by Gasteiger charge is -2.20. The van der Waals surface area contributed by atoms with E-state index in [-0.39, 0.29) is 28.9 Å². The molecule has 0 saturated carbocycles. The highest BCUT2D eigenvalue weighted by Gasteiger charge is 2.33. The lowest BCUT2D eigenvalue weighted by molar-refractivity contribution is 0.190. The highest BCUT2D eigenvalue weighted by Crippen LogP contribution is 2.30. The lowest BCUT2D eigenvalue weighted by atomic mass is 10.3. The summed E-state index contributed by atoms with van der Waals surface area (Å²) in [4.78, 5) is 35.2. The van der Waals surface area contributed by atoms with E-state index in [2.05, 4.69) is 9.97 Å². The monoisotopic (exact) mass is 419 g/mol. The van der Waals surface area contributed by atoms with Crippen molar-refractivity contribution >= 4 is 29.2 Å². The van der Waals surface area contributed by atoms with Crippen molar-refractivity contribution in [1.29, 1.82) is 0 Å². The van der Waals surface area contributed by atoms with Gasteiger partial charge in [-0.1, -0.05) is 36.4 Å². The third-order valence-electron chi connectivity index (χ3n) is 4.10. The fourth-order valence-electron chi connectivity index (χ4n) is 2.75. The molecule has 4 aromatic rings. The minimum absolute atomic E-state index is 0.114. The summed E-state index contributed by atoms with van der Waals surface area (Å²) in [5.74, 6) is 0.711. The number of methoxy groups -OCH3 is 1. The van der Waals surface area contributed by atoms with Gasteiger partial charge in [-0.2, -0.15) is 9.88 Å². The van der Waals surface area contributed by atoms with Gasteiger partial charge in [0, 0.05) is 6.07 Å². The molecule has 0 radical (unpaired) electrons. The molecule has 156 valence electrons. The molecular weight excluding hydrogens is 402 g/mol. The van der Waals surface area contributed by atoms with Crippen LogP contribution in [0.3, 0.4) is 0 Å². The van der Waals surface area contributed by atoms with Crippen LogP contribution in [-0.2, 0) is 0 Å². The highest BCUT2D eigenvalue weighted by atomic mass is 16.6.